The molecular weight excluding hydrogens is 302 g/mol. The number of rotatable bonds is 6. The molecule has 0 heterocycles. The molecule has 0 saturated carbocycles. The molecule has 2 aromatic rings. The lowest BCUT2D eigenvalue weighted by Gasteiger charge is -2.16. The van der Waals surface area contributed by atoms with Crippen LogP contribution in [0.5, 0.6) is 11.5 Å². The molecule has 1 unspecified atom stereocenters. The molecule has 2 aromatic carbocycles. The molecule has 1 aliphatic carbocycles. The van der Waals surface area contributed by atoms with Crippen LogP contribution in [0.15, 0.2) is 42.5 Å². The van der Waals surface area contributed by atoms with Gasteiger partial charge < -0.3 is 14.8 Å². The highest BCUT2D eigenvalue weighted by atomic mass is 16.5. The molecule has 1 atom stereocenters. The van der Waals surface area contributed by atoms with Crippen molar-refractivity contribution in [2.24, 2.45) is 0 Å². The number of amides is 1. The van der Waals surface area contributed by atoms with Crippen molar-refractivity contribution in [2.75, 3.05) is 13.7 Å². The molecule has 4 heteroatoms. The van der Waals surface area contributed by atoms with Crippen LogP contribution in [0.3, 0.4) is 0 Å². The van der Waals surface area contributed by atoms with Gasteiger partial charge in [0, 0.05) is 0 Å². The number of hydrogen-bond acceptors (Lipinski definition) is 3. The van der Waals surface area contributed by atoms with Crippen LogP contribution in [0.1, 0.15) is 36.1 Å². The second-order valence-electron chi connectivity index (χ2n) is 6.14. The number of hydrogen-bond donors (Lipinski definition) is 1. The molecule has 0 bridgehead atoms. The first-order valence-corrected chi connectivity index (χ1v) is 8.33. The second-order valence-corrected chi connectivity index (χ2v) is 6.14. The third kappa shape index (κ3) is 3.88. The summed E-state index contributed by atoms with van der Waals surface area (Å²) < 4.78 is 10.6. The molecule has 0 aromatic heterocycles. The zero-order valence-corrected chi connectivity index (χ0v) is 14.2. The molecular formula is C20H23NO3. The van der Waals surface area contributed by atoms with Crippen molar-refractivity contribution in [1.29, 1.82) is 0 Å². The standard InChI is InChI=1S/C20H23NO3/c1-14(16-7-6-15-4-3-5-17(15)12-16)21-20(22)13-24-19-10-8-18(23-2)9-11-19/h6-12,14H,3-5,13H2,1-2H3,(H,21,22). The van der Waals surface area contributed by atoms with Crippen LogP contribution in [-0.4, -0.2) is 19.6 Å². The van der Waals surface area contributed by atoms with E-state index in [2.05, 4.69) is 23.5 Å². The highest BCUT2D eigenvalue weighted by molar-refractivity contribution is 5.78. The number of nitrogens with one attached hydrogen (secondary N) is 1. The van der Waals surface area contributed by atoms with E-state index >= 15 is 0 Å². The number of aryl methyl sites for hydroxylation is 2. The third-order valence-corrected chi connectivity index (χ3v) is 4.43. The van der Waals surface area contributed by atoms with Gasteiger partial charge in [0.05, 0.1) is 13.2 Å². The minimum absolute atomic E-state index is 0.00160. The first-order chi connectivity index (χ1) is 11.7. The Labute approximate surface area is 142 Å². The van der Waals surface area contributed by atoms with E-state index in [1.807, 2.05) is 6.92 Å². The Morgan fingerprint density at radius 1 is 1.08 bits per heavy atom. The third-order valence-electron chi connectivity index (χ3n) is 4.43. The van der Waals surface area contributed by atoms with Crippen LogP contribution in [-0.2, 0) is 17.6 Å². The van der Waals surface area contributed by atoms with Gasteiger partial charge in [-0.15, -0.1) is 0 Å². The van der Waals surface area contributed by atoms with Crippen molar-refractivity contribution in [3.8, 4) is 11.5 Å². The zero-order chi connectivity index (χ0) is 16.9. The van der Waals surface area contributed by atoms with E-state index in [1.54, 1.807) is 31.4 Å². The van der Waals surface area contributed by atoms with Gasteiger partial charge in [-0.05, 0) is 67.1 Å². The van der Waals surface area contributed by atoms with E-state index < -0.39 is 0 Å². The summed E-state index contributed by atoms with van der Waals surface area (Å²) >= 11 is 0. The predicted octanol–water partition coefficient (Wildman–Crippen LogP) is 3.44. The van der Waals surface area contributed by atoms with Crippen LogP contribution >= 0.6 is 0 Å². The molecule has 126 valence electrons. The molecule has 0 spiro atoms. The lowest BCUT2D eigenvalue weighted by atomic mass is 10.0. The molecule has 1 amide bonds. The van der Waals surface area contributed by atoms with Crippen molar-refractivity contribution in [3.05, 3.63) is 59.2 Å². The maximum atomic E-state index is 12.1. The SMILES string of the molecule is COc1ccc(OCC(=O)NC(C)c2ccc3c(c2)CCC3)cc1. The van der Waals surface area contributed by atoms with Crippen LogP contribution < -0.4 is 14.8 Å². The lowest BCUT2D eigenvalue weighted by molar-refractivity contribution is -0.123. The Morgan fingerprint density at radius 3 is 2.54 bits per heavy atom. The summed E-state index contributed by atoms with van der Waals surface area (Å²) in [5.74, 6) is 1.28. The summed E-state index contributed by atoms with van der Waals surface area (Å²) in [6.45, 7) is 2.00. The average molecular weight is 325 g/mol. The maximum absolute atomic E-state index is 12.1. The Bertz CT molecular complexity index is 709. The number of carbonyl (C=O) groups excluding carboxylic acids is 1. The molecule has 3 rings (SSSR count). The average Bonchev–Trinajstić information content (AvgIpc) is 3.08. The Hall–Kier alpha value is -2.49. The van der Waals surface area contributed by atoms with Crippen LogP contribution in [0.25, 0.3) is 0 Å². The summed E-state index contributed by atoms with van der Waals surface area (Å²) in [5, 5.41) is 2.99. The predicted molar refractivity (Wildman–Crippen MR) is 93.5 cm³/mol. The molecule has 24 heavy (non-hydrogen) atoms. The molecule has 1 N–H and O–H groups in total. The van der Waals surface area contributed by atoms with E-state index in [-0.39, 0.29) is 18.6 Å². The molecule has 4 nitrogen and oxygen atoms in total. The number of methoxy groups -OCH3 is 1. The molecule has 0 fully saturated rings. The minimum Gasteiger partial charge on any atom is -0.497 e. The normalized spacial score (nSPS) is 13.9. The van der Waals surface area contributed by atoms with E-state index in [0.717, 1.165) is 17.7 Å². The first kappa shape index (κ1) is 16.4. The van der Waals surface area contributed by atoms with Gasteiger partial charge in [0.1, 0.15) is 11.5 Å². The summed E-state index contributed by atoms with van der Waals surface area (Å²) in [6, 6.07) is 13.7. The van der Waals surface area contributed by atoms with Gasteiger partial charge in [0.15, 0.2) is 6.61 Å². The van der Waals surface area contributed by atoms with E-state index in [0.29, 0.717) is 5.75 Å². The fourth-order valence-corrected chi connectivity index (χ4v) is 3.05. The Balaban J connectivity index is 1.52. The molecule has 1 aliphatic rings. The van der Waals surface area contributed by atoms with Gasteiger partial charge in [0.2, 0.25) is 0 Å². The van der Waals surface area contributed by atoms with Crippen LogP contribution in [0.4, 0.5) is 0 Å². The zero-order valence-electron chi connectivity index (χ0n) is 14.2. The van der Waals surface area contributed by atoms with Crippen molar-refractivity contribution in [2.45, 2.75) is 32.2 Å². The number of benzene rings is 2. The van der Waals surface area contributed by atoms with Crippen LogP contribution in [0, 0.1) is 0 Å². The fraction of sp³-hybridized carbons (Fsp3) is 0.350. The highest BCUT2D eigenvalue weighted by Crippen LogP contribution is 2.25. The van der Waals surface area contributed by atoms with Crippen LogP contribution in [0.2, 0.25) is 0 Å². The van der Waals surface area contributed by atoms with Gasteiger partial charge in [-0.3, -0.25) is 4.79 Å². The summed E-state index contributed by atoms with van der Waals surface area (Å²) in [7, 11) is 1.61. The molecule has 0 saturated heterocycles. The summed E-state index contributed by atoms with van der Waals surface area (Å²) in [4.78, 5) is 12.1. The number of ether oxygens (including phenoxy) is 2. The summed E-state index contributed by atoms with van der Waals surface area (Å²) in [5.41, 5.74) is 4.01. The van der Waals surface area contributed by atoms with Gasteiger partial charge >= 0.3 is 0 Å². The van der Waals surface area contributed by atoms with E-state index in [1.165, 1.54) is 24.0 Å². The monoisotopic (exact) mass is 325 g/mol. The van der Waals surface area contributed by atoms with Gasteiger partial charge in [-0.2, -0.15) is 0 Å². The van der Waals surface area contributed by atoms with E-state index in [4.69, 9.17) is 9.47 Å². The Kier molecular flexibility index (Phi) is 5.04. The second kappa shape index (κ2) is 7.39. The van der Waals surface area contributed by atoms with Crippen molar-refractivity contribution >= 4 is 5.91 Å². The quantitative estimate of drug-likeness (QED) is 0.885. The molecule has 0 aliphatic heterocycles. The fourth-order valence-electron chi connectivity index (χ4n) is 3.05. The maximum Gasteiger partial charge on any atom is 0.258 e. The number of fused-ring (bicyclic) bond motifs is 1. The summed E-state index contributed by atoms with van der Waals surface area (Å²) in [6.07, 6.45) is 3.55. The van der Waals surface area contributed by atoms with Gasteiger partial charge in [-0.1, -0.05) is 18.2 Å². The lowest BCUT2D eigenvalue weighted by Crippen LogP contribution is -2.31. The van der Waals surface area contributed by atoms with Crippen molar-refractivity contribution in [1.82, 2.24) is 5.32 Å². The van der Waals surface area contributed by atoms with Gasteiger partial charge in [-0.25, -0.2) is 0 Å². The minimum atomic E-state index is -0.126. The Morgan fingerprint density at radius 2 is 1.79 bits per heavy atom. The first-order valence-electron chi connectivity index (χ1n) is 8.33. The van der Waals surface area contributed by atoms with Crippen molar-refractivity contribution < 1.29 is 14.3 Å². The smallest absolute Gasteiger partial charge is 0.258 e. The van der Waals surface area contributed by atoms with Crippen molar-refractivity contribution in [3.63, 3.8) is 0 Å². The topological polar surface area (TPSA) is 47.6 Å². The molecule has 0 radical (unpaired) electrons. The largest absolute Gasteiger partial charge is 0.497 e. The van der Waals surface area contributed by atoms with Gasteiger partial charge in [0.25, 0.3) is 5.91 Å². The highest BCUT2D eigenvalue weighted by Gasteiger charge is 2.15. The van der Waals surface area contributed by atoms with E-state index in [9.17, 15) is 4.79 Å². The number of carbonyl (C=O) groups is 1.